The van der Waals surface area contributed by atoms with Crippen molar-refractivity contribution in [1.29, 1.82) is 0 Å². The lowest BCUT2D eigenvalue weighted by Gasteiger charge is -2.17. The van der Waals surface area contributed by atoms with Crippen molar-refractivity contribution >= 4 is 27.3 Å². The second-order valence-electron chi connectivity index (χ2n) is 6.82. The highest BCUT2D eigenvalue weighted by Gasteiger charge is 2.11. The van der Waals surface area contributed by atoms with Crippen molar-refractivity contribution in [2.75, 3.05) is 31.8 Å². The van der Waals surface area contributed by atoms with Gasteiger partial charge in [0.25, 0.3) is 0 Å². The summed E-state index contributed by atoms with van der Waals surface area (Å²) in [6.45, 7) is 2.34. The first-order valence-electron chi connectivity index (χ1n) is 9.18. The molecule has 0 radical (unpaired) electrons. The first kappa shape index (κ1) is 22.4. The van der Waals surface area contributed by atoms with Crippen molar-refractivity contribution in [3.05, 3.63) is 54.1 Å². The quantitative estimate of drug-likeness (QED) is 0.632. The minimum absolute atomic E-state index is 0.0173. The van der Waals surface area contributed by atoms with Gasteiger partial charge in [0.05, 0.1) is 17.9 Å². The van der Waals surface area contributed by atoms with Crippen LogP contribution < -0.4 is 10.1 Å². The predicted octanol–water partition coefficient (Wildman–Crippen LogP) is 2.52. The van der Waals surface area contributed by atoms with Crippen LogP contribution in [0.3, 0.4) is 0 Å². The number of anilines is 1. The summed E-state index contributed by atoms with van der Waals surface area (Å²) in [6.07, 6.45) is 2.04. The number of rotatable bonds is 9. The van der Waals surface area contributed by atoms with E-state index in [9.17, 15) is 18.0 Å². The molecule has 0 aliphatic heterocycles. The van der Waals surface area contributed by atoms with Crippen LogP contribution in [0.25, 0.3) is 0 Å². The molecule has 2 rings (SSSR count). The maximum atomic E-state index is 12.3. The van der Waals surface area contributed by atoms with Crippen molar-refractivity contribution in [2.24, 2.45) is 0 Å². The van der Waals surface area contributed by atoms with Crippen LogP contribution in [0.2, 0.25) is 0 Å². The summed E-state index contributed by atoms with van der Waals surface area (Å²) in [6, 6.07) is 13.5. The molecule has 29 heavy (non-hydrogen) atoms. The van der Waals surface area contributed by atoms with Crippen LogP contribution in [0.5, 0.6) is 5.75 Å². The van der Waals surface area contributed by atoms with Crippen molar-refractivity contribution in [3.63, 3.8) is 0 Å². The molecule has 156 valence electrons. The first-order valence-corrected chi connectivity index (χ1v) is 11.1. The molecule has 0 bridgehead atoms. The number of likely N-dealkylation sites (N-methyl/N-ethyl adjacent to an activating group) is 1. The zero-order chi connectivity index (χ0) is 21.4. The molecule has 1 N–H and O–H groups in total. The average molecular weight is 419 g/mol. The third-order valence-corrected chi connectivity index (χ3v) is 5.31. The number of amides is 2. The molecule has 0 saturated heterocycles. The summed E-state index contributed by atoms with van der Waals surface area (Å²) < 4.78 is 28.8. The first-order chi connectivity index (χ1) is 13.6. The second kappa shape index (κ2) is 10.1. The number of hydrogen-bond donors (Lipinski definition) is 1. The SMILES string of the molecule is CC(=O)Nc1ccc(CC(=O)N(C)CCCOc2cccc(S(C)(=O)=O)c2)cc1. The summed E-state index contributed by atoms with van der Waals surface area (Å²) in [4.78, 5) is 25.2. The highest BCUT2D eigenvalue weighted by atomic mass is 32.2. The molecule has 0 heterocycles. The Morgan fingerprint density at radius 3 is 2.41 bits per heavy atom. The number of carbonyl (C=O) groups is 2. The Labute approximate surface area is 171 Å². The van der Waals surface area contributed by atoms with Crippen molar-refractivity contribution in [3.8, 4) is 5.75 Å². The number of ether oxygens (including phenoxy) is 1. The van der Waals surface area contributed by atoms with E-state index in [1.54, 1.807) is 36.2 Å². The molecule has 0 aliphatic carbocycles. The van der Waals surface area contributed by atoms with Gasteiger partial charge in [-0.1, -0.05) is 18.2 Å². The van der Waals surface area contributed by atoms with Gasteiger partial charge in [-0.2, -0.15) is 0 Å². The lowest BCUT2D eigenvalue weighted by Crippen LogP contribution is -2.30. The predicted molar refractivity (Wildman–Crippen MR) is 112 cm³/mol. The number of hydrogen-bond acceptors (Lipinski definition) is 5. The van der Waals surface area contributed by atoms with Crippen LogP contribution >= 0.6 is 0 Å². The minimum atomic E-state index is -3.27. The zero-order valence-corrected chi connectivity index (χ0v) is 17.7. The molecule has 0 aliphatic rings. The molecule has 0 unspecified atom stereocenters. The molecule has 7 nitrogen and oxygen atoms in total. The molecule has 0 atom stereocenters. The van der Waals surface area contributed by atoms with Crippen LogP contribution in [0, 0.1) is 0 Å². The molecule has 2 aromatic rings. The van der Waals surface area contributed by atoms with E-state index in [-0.39, 0.29) is 23.1 Å². The van der Waals surface area contributed by atoms with Gasteiger partial charge in [-0.05, 0) is 42.3 Å². The highest BCUT2D eigenvalue weighted by molar-refractivity contribution is 7.90. The van der Waals surface area contributed by atoms with Gasteiger partial charge in [0.2, 0.25) is 11.8 Å². The van der Waals surface area contributed by atoms with Crippen LogP contribution in [-0.4, -0.2) is 51.6 Å². The normalized spacial score (nSPS) is 11.0. The van der Waals surface area contributed by atoms with Crippen LogP contribution in [0.4, 0.5) is 5.69 Å². The summed E-state index contributed by atoms with van der Waals surface area (Å²) >= 11 is 0. The Bertz CT molecular complexity index is 955. The maximum Gasteiger partial charge on any atom is 0.226 e. The third kappa shape index (κ3) is 7.57. The van der Waals surface area contributed by atoms with Gasteiger partial charge in [0.1, 0.15) is 5.75 Å². The van der Waals surface area contributed by atoms with Crippen LogP contribution in [0.15, 0.2) is 53.4 Å². The number of nitrogens with one attached hydrogen (secondary N) is 1. The molecular formula is C21H26N2O5S. The Morgan fingerprint density at radius 2 is 1.79 bits per heavy atom. The summed E-state index contributed by atoms with van der Waals surface area (Å²) in [5, 5.41) is 2.69. The van der Waals surface area contributed by atoms with E-state index in [0.29, 0.717) is 31.0 Å². The zero-order valence-electron chi connectivity index (χ0n) is 16.8. The summed E-state index contributed by atoms with van der Waals surface area (Å²) in [5.74, 6) is 0.330. The maximum absolute atomic E-state index is 12.3. The smallest absolute Gasteiger partial charge is 0.226 e. The molecule has 0 aromatic heterocycles. The van der Waals surface area contributed by atoms with Crippen molar-refractivity contribution < 1.29 is 22.7 Å². The molecule has 0 fully saturated rings. The number of sulfone groups is 1. The van der Waals surface area contributed by atoms with Crippen molar-refractivity contribution in [1.82, 2.24) is 4.90 Å². The molecular weight excluding hydrogens is 392 g/mol. The van der Waals surface area contributed by atoms with E-state index >= 15 is 0 Å². The molecule has 8 heteroatoms. The fourth-order valence-electron chi connectivity index (χ4n) is 2.63. The van der Waals surface area contributed by atoms with E-state index in [2.05, 4.69) is 5.32 Å². The second-order valence-corrected chi connectivity index (χ2v) is 8.83. The molecule has 2 aromatic carbocycles. The van der Waals surface area contributed by atoms with Gasteiger partial charge in [0, 0.05) is 32.5 Å². The Morgan fingerprint density at radius 1 is 1.10 bits per heavy atom. The lowest BCUT2D eigenvalue weighted by molar-refractivity contribution is -0.129. The van der Waals surface area contributed by atoms with Gasteiger partial charge in [-0.25, -0.2) is 8.42 Å². The van der Waals surface area contributed by atoms with Gasteiger partial charge in [-0.15, -0.1) is 0 Å². The Hall–Kier alpha value is -2.87. The number of nitrogens with zero attached hydrogens (tertiary/aromatic N) is 1. The van der Waals surface area contributed by atoms with Crippen LogP contribution in [-0.2, 0) is 25.8 Å². The van der Waals surface area contributed by atoms with Gasteiger partial charge < -0.3 is 15.0 Å². The number of carbonyl (C=O) groups excluding carboxylic acids is 2. The third-order valence-electron chi connectivity index (χ3n) is 4.20. The fraction of sp³-hybridized carbons (Fsp3) is 0.333. The summed E-state index contributed by atoms with van der Waals surface area (Å²) in [5.41, 5.74) is 1.56. The minimum Gasteiger partial charge on any atom is -0.493 e. The van der Waals surface area contributed by atoms with Crippen molar-refractivity contribution in [2.45, 2.75) is 24.7 Å². The Kier molecular flexibility index (Phi) is 7.78. The molecule has 0 saturated carbocycles. The number of benzene rings is 2. The summed E-state index contributed by atoms with van der Waals surface area (Å²) in [7, 11) is -1.54. The molecule has 2 amide bonds. The van der Waals surface area contributed by atoms with E-state index in [0.717, 1.165) is 11.8 Å². The standard InChI is InChI=1S/C21H26N2O5S/c1-16(24)22-18-10-8-17(9-11-18)14-21(25)23(2)12-5-13-28-19-6-4-7-20(15-19)29(3,26)27/h4,6-11,15H,5,12-14H2,1-3H3,(H,22,24). The Balaban J connectivity index is 1.77. The van der Waals surface area contributed by atoms with E-state index in [1.165, 1.54) is 19.1 Å². The van der Waals surface area contributed by atoms with E-state index in [4.69, 9.17) is 4.74 Å². The highest BCUT2D eigenvalue weighted by Crippen LogP contribution is 2.17. The lowest BCUT2D eigenvalue weighted by atomic mass is 10.1. The molecule has 0 spiro atoms. The van der Waals surface area contributed by atoms with Crippen LogP contribution in [0.1, 0.15) is 18.9 Å². The van der Waals surface area contributed by atoms with Gasteiger partial charge >= 0.3 is 0 Å². The average Bonchev–Trinajstić information content (AvgIpc) is 2.65. The monoisotopic (exact) mass is 418 g/mol. The largest absolute Gasteiger partial charge is 0.493 e. The van der Waals surface area contributed by atoms with Gasteiger partial charge in [-0.3, -0.25) is 9.59 Å². The topological polar surface area (TPSA) is 92.8 Å². The van der Waals surface area contributed by atoms with E-state index < -0.39 is 9.84 Å². The van der Waals surface area contributed by atoms with Gasteiger partial charge in [0.15, 0.2) is 9.84 Å². The van der Waals surface area contributed by atoms with E-state index in [1.807, 2.05) is 12.1 Å². The fourth-order valence-corrected chi connectivity index (χ4v) is 3.29.